The highest BCUT2D eigenvalue weighted by molar-refractivity contribution is 5.71. The Hall–Kier alpha value is -3.61. The van der Waals surface area contributed by atoms with Gasteiger partial charge in [-0.05, 0) is 74.6 Å². The first kappa shape index (κ1) is 24.0. The van der Waals surface area contributed by atoms with Crippen LogP contribution < -0.4 is 21.2 Å². The third kappa shape index (κ3) is 6.44. The number of rotatable bonds is 8. The summed E-state index contributed by atoms with van der Waals surface area (Å²) in [5.41, 5.74) is 4.57. The number of aliphatic imine (C=N–C) groups is 1. The van der Waals surface area contributed by atoms with Crippen LogP contribution in [0.5, 0.6) is 0 Å². The average molecular weight is 450 g/mol. The van der Waals surface area contributed by atoms with Crippen molar-refractivity contribution in [2.45, 2.75) is 40.3 Å². The normalized spacial score (nSPS) is 13.2. The van der Waals surface area contributed by atoms with E-state index in [1.165, 1.54) is 6.92 Å². The molecule has 7 heteroatoms. The molecule has 1 atom stereocenters. The van der Waals surface area contributed by atoms with E-state index < -0.39 is 6.17 Å². The van der Waals surface area contributed by atoms with Gasteiger partial charge in [0.2, 0.25) is 5.95 Å². The smallest absolute Gasteiger partial charge is 0.223 e. The molecule has 5 nitrogen and oxygen atoms in total. The lowest BCUT2D eigenvalue weighted by molar-refractivity contribution is 0.378. The summed E-state index contributed by atoms with van der Waals surface area (Å²) in [7, 11) is 0. The third-order valence-electron chi connectivity index (χ3n) is 5.12. The predicted molar refractivity (Wildman–Crippen MR) is 132 cm³/mol. The van der Waals surface area contributed by atoms with Crippen molar-refractivity contribution in [1.82, 2.24) is 9.97 Å². The Morgan fingerprint density at radius 2 is 1.97 bits per heavy atom. The van der Waals surface area contributed by atoms with Gasteiger partial charge >= 0.3 is 0 Å². The number of hydrogen-bond donors (Lipinski definition) is 2. The standard InChI is InChI=1S/C26H29F2N5/c1-6-29-25(24-18(4)14-30-26(33-24)31-15-19(5)27)32-22-10-9-21(17(3)11-22)12-20-8-7-16(2)23(28)13-20/h6-11,13-14,19,32H,4,12,15H2,1-3,5H3,(H,31,33)/b25-24-,29-6?. The summed E-state index contributed by atoms with van der Waals surface area (Å²) in [6, 6.07) is 11.3. The van der Waals surface area contributed by atoms with E-state index in [9.17, 15) is 8.78 Å². The van der Waals surface area contributed by atoms with Crippen molar-refractivity contribution in [1.29, 1.82) is 0 Å². The molecule has 172 valence electrons. The third-order valence-corrected chi connectivity index (χ3v) is 5.12. The van der Waals surface area contributed by atoms with Crippen LogP contribution in [0.2, 0.25) is 0 Å². The molecular formula is C26H29F2N5. The zero-order chi connectivity index (χ0) is 24.0. The second kappa shape index (κ2) is 10.8. The molecule has 1 heterocycles. The molecule has 3 aromatic rings. The highest BCUT2D eigenvalue weighted by Gasteiger charge is 2.07. The van der Waals surface area contributed by atoms with Crippen LogP contribution in [0.25, 0.3) is 12.4 Å². The summed E-state index contributed by atoms with van der Waals surface area (Å²) in [5.74, 6) is 0.627. The van der Waals surface area contributed by atoms with E-state index in [1.54, 1.807) is 31.5 Å². The minimum absolute atomic E-state index is 0.112. The SMILES string of the molecule is C=c1cnc(NCC(C)F)n/c1=C(/N=CC)Nc1ccc(Cc2ccc(C)c(F)c2)c(C)c1. The van der Waals surface area contributed by atoms with Gasteiger partial charge in [0.1, 0.15) is 17.3 Å². The van der Waals surface area contributed by atoms with Gasteiger partial charge in [-0.25, -0.2) is 23.7 Å². The number of anilines is 2. The van der Waals surface area contributed by atoms with Crippen molar-refractivity contribution < 1.29 is 8.78 Å². The monoisotopic (exact) mass is 449 g/mol. The maximum atomic E-state index is 13.9. The van der Waals surface area contributed by atoms with Crippen molar-refractivity contribution in [3.05, 3.63) is 81.2 Å². The summed E-state index contributed by atoms with van der Waals surface area (Å²) in [6.07, 6.45) is 2.86. The minimum atomic E-state index is -1.02. The Labute approximate surface area is 193 Å². The first-order valence-corrected chi connectivity index (χ1v) is 10.8. The first-order chi connectivity index (χ1) is 15.8. The lowest BCUT2D eigenvalue weighted by Crippen LogP contribution is -2.33. The molecule has 1 aromatic heterocycles. The summed E-state index contributed by atoms with van der Waals surface area (Å²) >= 11 is 0. The van der Waals surface area contributed by atoms with E-state index in [0.717, 1.165) is 22.4 Å². The molecule has 0 bridgehead atoms. The maximum Gasteiger partial charge on any atom is 0.223 e. The molecule has 0 radical (unpaired) electrons. The molecule has 2 N–H and O–H groups in total. The Balaban J connectivity index is 1.90. The molecule has 0 aliphatic rings. The van der Waals surface area contributed by atoms with Gasteiger partial charge in [0.25, 0.3) is 0 Å². The van der Waals surface area contributed by atoms with Crippen molar-refractivity contribution in [2.24, 2.45) is 4.99 Å². The number of nitrogens with zero attached hydrogens (tertiary/aromatic N) is 3. The number of aromatic nitrogens is 2. The highest BCUT2D eigenvalue weighted by atomic mass is 19.1. The van der Waals surface area contributed by atoms with E-state index in [4.69, 9.17) is 0 Å². The second-order valence-corrected chi connectivity index (χ2v) is 7.99. The van der Waals surface area contributed by atoms with Gasteiger partial charge in [-0.3, -0.25) is 0 Å². The fourth-order valence-electron chi connectivity index (χ4n) is 3.29. The van der Waals surface area contributed by atoms with Gasteiger partial charge in [-0.1, -0.05) is 24.8 Å². The number of benzene rings is 2. The van der Waals surface area contributed by atoms with E-state index in [-0.39, 0.29) is 12.4 Å². The van der Waals surface area contributed by atoms with Gasteiger partial charge < -0.3 is 10.6 Å². The molecule has 0 aliphatic heterocycles. The summed E-state index contributed by atoms with van der Waals surface area (Å²) < 4.78 is 27.1. The molecule has 2 aromatic carbocycles. The van der Waals surface area contributed by atoms with Gasteiger partial charge in [0.15, 0.2) is 5.82 Å². The van der Waals surface area contributed by atoms with E-state index >= 15 is 0 Å². The van der Waals surface area contributed by atoms with Crippen LogP contribution in [0, 0.1) is 19.7 Å². The second-order valence-electron chi connectivity index (χ2n) is 7.99. The molecule has 3 rings (SSSR count). The van der Waals surface area contributed by atoms with Gasteiger partial charge in [0, 0.05) is 29.9 Å². The molecule has 0 saturated heterocycles. The van der Waals surface area contributed by atoms with Crippen molar-refractivity contribution in [2.75, 3.05) is 17.2 Å². The summed E-state index contributed by atoms with van der Waals surface area (Å²) in [5, 5.41) is 7.30. The van der Waals surface area contributed by atoms with Gasteiger partial charge in [-0.2, -0.15) is 0 Å². The van der Waals surface area contributed by atoms with Crippen molar-refractivity contribution in [3.8, 4) is 0 Å². The van der Waals surface area contributed by atoms with Crippen molar-refractivity contribution >= 4 is 30.3 Å². The lowest BCUT2D eigenvalue weighted by Gasteiger charge is -2.12. The number of alkyl halides is 1. The first-order valence-electron chi connectivity index (χ1n) is 10.8. The van der Waals surface area contributed by atoms with E-state index in [0.29, 0.717) is 34.3 Å². The number of aryl methyl sites for hydroxylation is 2. The molecule has 0 fully saturated rings. The molecule has 33 heavy (non-hydrogen) atoms. The molecular weight excluding hydrogens is 420 g/mol. The molecule has 0 aliphatic carbocycles. The number of nitrogens with one attached hydrogen (secondary N) is 2. The zero-order valence-corrected chi connectivity index (χ0v) is 19.4. The fraction of sp³-hybridized carbons (Fsp3) is 0.269. The van der Waals surface area contributed by atoms with E-state index in [1.807, 2.05) is 38.1 Å². The Morgan fingerprint density at radius 3 is 2.64 bits per heavy atom. The maximum absolute atomic E-state index is 13.9. The topological polar surface area (TPSA) is 62.2 Å². The van der Waals surface area contributed by atoms with E-state index in [2.05, 4.69) is 32.2 Å². The molecule has 1 unspecified atom stereocenters. The Morgan fingerprint density at radius 1 is 1.18 bits per heavy atom. The minimum Gasteiger partial charge on any atom is -0.351 e. The summed E-state index contributed by atoms with van der Waals surface area (Å²) in [6.45, 7) is 11.2. The molecule has 0 spiro atoms. The zero-order valence-electron chi connectivity index (χ0n) is 19.4. The van der Waals surface area contributed by atoms with Crippen LogP contribution in [-0.4, -0.2) is 28.9 Å². The number of halogens is 2. The van der Waals surface area contributed by atoms with Crippen LogP contribution in [0.3, 0.4) is 0 Å². The largest absolute Gasteiger partial charge is 0.351 e. The van der Waals surface area contributed by atoms with Crippen LogP contribution in [0.4, 0.5) is 20.4 Å². The summed E-state index contributed by atoms with van der Waals surface area (Å²) in [4.78, 5) is 13.1. The van der Waals surface area contributed by atoms with Crippen LogP contribution in [-0.2, 0) is 6.42 Å². The fourth-order valence-corrected chi connectivity index (χ4v) is 3.29. The van der Waals surface area contributed by atoms with Crippen LogP contribution >= 0.6 is 0 Å². The quantitative estimate of drug-likeness (QED) is 0.504. The highest BCUT2D eigenvalue weighted by Crippen LogP contribution is 2.21. The van der Waals surface area contributed by atoms with Crippen LogP contribution in [0.15, 0.2) is 47.6 Å². The predicted octanol–water partition coefficient (Wildman–Crippen LogP) is 4.27. The van der Waals surface area contributed by atoms with Crippen LogP contribution in [0.1, 0.15) is 36.1 Å². The van der Waals surface area contributed by atoms with Gasteiger partial charge in [0.05, 0.1) is 0 Å². The lowest BCUT2D eigenvalue weighted by atomic mass is 9.99. The van der Waals surface area contributed by atoms with Crippen molar-refractivity contribution in [3.63, 3.8) is 0 Å². The Bertz CT molecular complexity index is 1270. The van der Waals surface area contributed by atoms with Gasteiger partial charge in [-0.15, -0.1) is 0 Å². The number of hydrogen-bond acceptors (Lipinski definition) is 5. The Kier molecular flexibility index (Phi) is 7.87. The average Bonchev–Trinajstić information content (AvgIpc) is 2.77. The molecule has 0 amide bonds. The molecule has 0 saturated carbocycles.